The molecule has 12 aromatic rings. The highest BCUT2D eigenvalue weighted by Gasteiger charge is 2.44. The predicted molar refractivity (Wildman–Crippen MR) is 309 cm³/mol. The molecule has 0 atom stereocenters. The van der Waals surface area contributed by atoms with Gasteiger partial charge in [0.2, 0.25) is 0 Å². The van der Waals surface area contributed by atoms with Gasteiger partial charge in [0.25, 0.3) is 6.33 Å². The first-order valence-corrected chi connectivity index (χ1v) is 26.0. The number of hydrogen-bond acceptors (Lipinski definition) is 2. The Morgan fingerprint density at radius 2 is 1.15 bits per heavy atom. The Balaban J connectivity index is 1.21. The summed E-state index contributed by atoms with van der Waals surface area (Å²) in [7, 11) is -5.82. The van der Waals surface area contributed by atoms with Gasteiger partial charge in [-0.2, -0.15) is 0 Å². The minimum absolute atomic E-state index is 0.0324. The van der Waals surface area contributed by atoms with E-state index < -0.39 is 150 Å². The van der Waals surface area contributed by atoms with Crippen molar-refractivity contribution < 1.29 is 36.7 Å². The maximum absolute atomic E-state index is 9.90. The van der Waals surface area contributed by atoms with Crippen LogP contribution in [-0.2, 0) is 10.8 Å². The Morgan fingerprint density at radius 3 is 1.81 bits per heavy atom. The highest BCUT2D eigenvalue weighted by Crippen LogP contribution is 2.37. The van der Waals surface area contributed by atoms with Crippen molar-refractivity contribution in [3.05, 3.63) is 260 Å². The van der Waals surface area contributed by atoms with E-state index in [1.807, 2.05) is 69.3 Å². The summed E-state index contributed by atoms with van der Waals surface area (Å²) in [4.78, 5) is 4.84. The van der Waals surface area contributed by atoms with E-state index in [0.717, 1.165) is 27.4 Å². The molecule has 74 heavy (non-hydrogen) atoms. The third-order valence-corrected chi connectivity index (χ3v) is 17.6. The Morgan fingerprint density at radius 1 is 0.527 bits per heavy atom. The van der Waals surface area contributed by atoms with E-state index in [2.05, 4.69) is 37.7 Å². The summed E-state index contributed by atoms with van der Waals surface area (Å²) in [6, 6.07) is 17.6. The van der Waals surface area contributed by atoms with E-state index >= 15 is 0 Å². The molecule has 0 saturated heterocycles. The molecule has 0 saturated carbocycles. The van der Waals surface area contributed by atoms with Crippen molar-refractivity contribution in [3.63, 3.8) is 0 Å². The first-order chi connectivity index (χ1) is 44.2. The van der Waals surface area contributed by atoms with Crippen molar-refractivity contribution >= 4 is 61.7 Å². The zero-order valence-electron chi connectivity index (χ0n) is 61.2. The van der Waals surface area contributed by atoms with Crippen molar-refractivity contribution in [1.82, 2.24) is 14.1 Å². The van der Waals surface area contributed by atoms with Crippen molar-refractivity contribution in [2.45, 2.75) is 52.4 Å². The van der Waals surface area contributed by atoms with Crippen LogP contribution in [0.15, 0.2) is 242 Å². The fraction of sp³-hybridized carbons (Fsp3) is 0.118. The smallest absolute Gasteiger partial charge is 0.269 e. The Kier molecular flexibility index (Phi) is 7.29. The van der Waals surface area contributed by atoms with Gasteiger partial charge in [-0.25, -0.2) is 4.98 Å². The lowest BCUT2D eigenvalue weighted by atomic mass is 9.85. The summed E-state index contributed by atoms with van der Waals surface area (Å²) < 4.78 is 197. The van der Waals surface area contributed by atoms with Crippen LogP contribution in [0.5, 0.6) is 11.5 Å². The van der Waals surface area contributed by atoms with Crippen LogP contribution in [0.25, 0.3) is 61.2 Å². The largest absolute Gasteiger partial charge is 0.458 e. The van der Waals surface area contributed by atoms with Crippen molar-refractivity contribution in [3.8, 4) is 39.8 Å². The highest BCUT2D eigenvalue weighted by atomic mass is 28.3. The van der Waals surface area contributed by atoms with E-state index in [-0.39, 0.29) is 38.4 Å². The molecule has 0 N–H and O–H groups in total. The van der Waals surface area contributed by atoms with Gasteiger partial charge in [-0.15, -0.1) is 0 Å². The number of aromatic nitrogens is 4. The van der Waals surface area contributed by atoms with Gasteiger partial charge in [0.1, 0.15) is 17.3 Å². The summed E-state index contributed by atoms with van der Waals surface area (Å²) in [5.74, 6) is 1.47. The van der Waals surface area contributed by atoms with Crippen LogP contribution in [0.3, 0.4) is 0 Å². The topological polar surface area (TPSA) is 35.9 Å². The number of nitrogens with zero attached hydrogens (tertiary/aromatic N) is 4. The van der Waals surface area contributed by atoms with Crippen LogP contribution in [0.4, 0.5) is 0 Å². The number of fused-ring (bicyclic) bond motifs is 4. The van der Waals surface area contributed by atoms with Gasteiger partial charge >= 0.3 is 0 Å². The second-order valence-corrected chi connectivity index (χ2v) is 23.5. The monoisotopic (exact) mass is 995 g/mol. The standard InChI is InChI=1S/C68H58N4OSi/c1-67(2,3)50-41-42-69-65(44-50)72-60-35-20-19-33-57(60)58-39-38-53(46-62(58)72)73-52-26-21-25-51(45-52)70-47-71(61-40-37-49(43-63(61)70)48-23-11-7-12-24-48)66-59(68(4,5)6)34-22-36-64(66)74(54-27-13-8-14-28-54,55-29-15-9-16-30-55)56-31-17-10-18-32-56/h7-46H,1-6H3/i7D,8D,9D,10D,11D,12D,13D,14D,15D,16D,17D,18D,23D,24D,27D,28D,29D,30D,31D,32D. The molecule has 6 heteroatoms. The zero-order valence-corrected chi connectivity index (χ0v) is 42.2. The number of hydrogen-bond donors (Lipinski definition) is 0. The molecule has 0 unspecified atom stereocenters. The maximum atomic E-state index is 9.90. The number of pyridine rings is 1. The predicted octanol–water partition coefficient (Wildman–Crippen LogP) is 13.6. The number of imidazole rings is 1. The molecule has 0 aliphatic carbocycles. The lowest BCUT2D eigenvalue weighted by Crippen LogP contribution is -2.76. The molecule has 3 aromatic heterocycles. The van der Waals surface area contributed by atoms with Crippen molar-refractivity contribution in [2.75, 3.05) is 0 Å². The molecule has 360 valence electrons. The summed E-state index contributed by atoms with van der Waals surface area (Å²) in [5.41, 5.74) is 2.88. The number of ether oxygens (including phenoxy) is 1. The van der Waals surface area contributed by atoms with Gasteiger partial charge in [-0.3, -0.25) is 13.7 Å². The second kappa shape index (κ2) is 18.5. The van der Waals surface area contributed by atoms with Gasteiger partial charge in [0.05, 0.1) is 60.9 Å². The molecule has 0 aliphatic heterocycles. The van der Waals surface area contributed by atoms with E-state index in [4.69, 9.17) is 20.7 Å². The fourth-order valence-corrected chi connectivity index (χ4v) is 13.9. The van der Waals surface area contributed by atoms with E-state index in [1.165, 1.54) is 12.1 Å². The van der Waals surface area contributed by atoms with Gasteiger partial charge in [0, 0.05) is 23.0 Å². The minimum atomic E-state index is -5.82. The molecular formula is C68H58N4OSi. The Hall–Kier alpha value is -8.58. The Labute approximate surface area is 463 Å². The molecule has 3 heterocycles. The molecule has 9 aromatic carbocycles. The van der Waals surface area contributed by atoms with Crippen LogP contribution < -0.4 is 30.1 Å². The van der Waals surface area contributed by atoms with E-state index in [0.29, 0.717) is 28.6 Å². The van der Waals surface area contributed by atoms with Crippen LogP contribution >= 0.6 is 0 Å². The molecule has 0 bridgehead atoms. The second-order valence-electron chi connectivity index (χ2n) is 20.0. The van der Waals surface area contributed by atoms with Gasteiger partial charge in [-0.1, -0.05) is 217 Å². The maximum Gasteiger partial charge on any atom is 0.269 e. The lowest BCUT2D eigenvalue weighted by molar-refractivity contribution is -0.572. The van der Waals surface area contributed by atoms with Crippen LogP contribution in [-0.4, -0.2) is 22.2 Å². The van der Waals surface area contributed by atoms with Crippen molar-refractivity contribution in [2.24, 2.45) is 0 Å². The summed E-state index contributed by atoms with van der Waals surface area (Å²) >= 11 is 0. The third-order valence-electron chi connectivity index (χ3n) is 13.3. The van der Waals surface area contributed by atoms with Crippen molar-refractivity contribution in [1.29, 1.82) is 0 Å². The van der Waals surface area contributed by atoms with E-state index in [9.17, 15) is 16.4 Å². The number of benzene rings is 9. The SMILES string of the molecule is [2H]c1c([2H])c([2H])c(-c2ccc3c(c2)n(-c2cccc(Oc4ccc5c6ccccc6n(-c6cc(C(C)(C)C)ccn6)c5c4)c2)[c-][n+]3-c2c(C(C)(C)C)cccc2[Si](c2c([2H])c([2H])c([2H])c([2H])c2[2H])(c2c([2H])c([2H])c([2H])c([2H])c2[2H])c2c([2H])c([2H])c([2H])c([2H])c2[2H])c([2H])c1[2H]. The van der Waals surface area contributed by atoms with Crippen LogP contribution in [0, 0.1) is 6.33 Å². The van der Waals surface area contributed by atoms with Crippen LogP contribution in [0.1, 0.15) is 80.1 Å². The molecule has 5 nitrogen and oxygen atoms in total. The molecule has 12 rings (SSSR count). The van der Waals surface area contributed by atoms with Gasteiger partial charge in [0.15, 0.2) is 8.07 Å². The third kappa shape index (κ3) is 8.12. The Bertz CT molecular complexity index is 4960. The molecule has 0 amide bonds. The highest BCUT2D eigenvalue weighted by molar-refractivity contribution is 7.20. The van der Waals surface area contributed by atoms with Gasteiger partial charge in [-0.05, 0) is 108 Å². The fourth-order valence-electron chi connectivity index (χ4n) is 9.89. The molecule has 0 spiro atoms. The normalized spacial score (nSPS) is 16.0. The molecule has 0 aliphatic rings. The quantitative estimate of drug-likeness (QED) is 0.0592. The van der Waals surface area contributed by atoms with E-state index in [1.54, 1.807) is 63.9 Å². The molecular weight excluding hydrogens is 917 g/mol. The first-order valence-electron chi connectivity index (χ1n) is 34.0. The molecule has 0 fully saturated rings. The average Bonchev–Trinajstić information content (AvgIpc) is 0.754. The summed E-state index contributed by atoms with van der Waals surface area (Å²) in [5, 5.41) is -0.280. The summed E-state index contributed by atoms with van der Waals surface area (Å²) in [6.07, 6.45) is 5.29. The first kappa shape index (κ1) is 29.2. The lowest BCUT2D eigenvalue weighted by Gasteiger charge is -2.38. The molecule has 0 radical (unpaired) electrons. The number of rotatable bonds is 10. The summed E-state index contributed by atoms with van der Waals surface area (Å²) in [6.45, 7) is 11.9. The zero-order chi connectivity index (χ0) is 68.0. The average molecular weight is 995 g/mol. The minimum Gasteiger partial charge on any atom is -0.458 e. The van der Waals surface area contributed by atoms with Gasteiger partial charge < -0.3 is 4.74 Å². The number of para-hydroxylation sites is 2. The van der Waals surface area contributed by atoms with Crippen LogP contribution in [0.2, 0.25) is 0 Å².